The Morgan fingerprint density at radius 1 is 1.33 bits per heavy atom. The summed E-state index contributed by atoms with van der Waals surface area (Å²) < 4.78 is 27.5. The van der Waals surface area contributed by atoms with Crippen LogP contribution in [0.5, 0.6) is 0 Å². The number of benzene rings is 1. The zero-order valence-corrected chi connectivity index (χ0v) is 14.0. The second-order valence-electron chi connectivity index (χ2n) is 5.49. The Balaban J connectivity index is 2.49. The van der Waals surface area contributed by atoms with E-state index >= 15 is 0 Å². The topological polar surface area (TPSA) is 57.6 Å². The minimum atomic E-state index is -3.58. The van der Waals surface area contributed by atoms with Gasteiger partial charge in [-0.25, -0.2) is 8.42 Å². The molecule has 1 fully saturated rings. The van der Waals surface area contributed by atoms with Crippen LogP contribution < -0.4 is 0 Å². The van der Waals surface area contributed by atoms with Gasteiger partial charge in [-0.15, -0.1) is 0 Å². The lowest BCUT2D eigenvalue weighted by atomic mass is 10.1. The molecule has 0 unspecified atom stereocenters. The van der Waals surface area contributed by atoms with Gasteiger partial charge in [-0.3, -0.25) is 0 Å². The minimum absolute atomic E-state index is 0.0796. The summed E-state index contributed by atoms with van der Waals surface area (Å²) in [5.41, 5.74) is 1.14. The fourth-order valence-corrected chi connectivity index (χ4v) is 5.38. The lowest BCUT2D eigenvalue weighted by Crippen LogP contribution is -2.39. The monoisotopic (exact) mass is 331 g/mol. The predicted molar refractivity (Wildman–Crippen MR) is 83.9 cm³/mol. The van der Waals surface area contributed by atoms with Gasteiger partial charge in [-0.1, -0.05) is 31.4 Å². The van der Waals surface area contributed by atoms with Crippen LogP contribution in [0.1, 0.15) is 43.7 Å². The number of nitrogens with zero attached hydrogens (tertiary/aromatic N) is 1. The predicted octanol–water partition coefficient (Wildman–Crippen LogP) is 3.09. The number of hydrogen-bond donors (Lipinski definition) is 1. The van der Waals surface area contributed by atoms with Gasteiger partial charge in [0.1, 0.15) is 0 Å². The highest BCUT2D eigenvalue weighted by Gasteiger charge is 2.33. The summed E-state index contributed by atoms with van der Waals surface area (Å²) in [6.45, 7) is 3.82. The van der Waals surface area contributed by atoms with Crippen molar-refractivity contribution in [1.82, 2.24) is 4.31 Å². The molecule has 0 saturated heterocycles. The summed E-state index contributed by atoms with van der Waals surface area (Å²) in [5, 5.41) is 9.71. The Kier molecular flexibility index (Phi) is 5.30. The third-order valence-corrected chi connectivity index (χ3v) is 6.60. The largest absolute Gasteiger partial charge is 0.392 e. The first kappa shape index (κ1) is 16.7. The van der Waals surface area contributed by atoms with Crippen LogP contribution >= 0.6 is 11.6 Å². The molecule has 0 aromatic heterocycles. The van der Waals surface area contributed by atoms with Crippen LogP contribution in [-0.2, 0) is 16.6 Å². The number of halogens is 1. The highest BCUT2D eigenvalue weighted by atomic mass is 35.5. The highest BCUT2D eigenvalue weighted by Crippen LogP contribution is 2.32. The zero-order chi connectivity index (χ0) is 15.6. The van der Waals surface area contributed by atoms with Gasteiger partial charge in [0, 0.05) is 17.6 Å². The molecule has 2 rings (SSSR count). The maximum absolute atomic E-state index is 13.0. The van der Waals surface area contributed by atoms with Gasteiger partial charge in [0.05, 0.1) is 11.5 Å². The van der Waals surface area contributed by atoms with Gasteiger partial charge >= 0.3 is 0 Å². The van der Waals surface area contributed by atoms with Crippen LogP contribution in [0.25, 0.3) is 0 Å². The molecule has 0 bridgehead atoms. The van der Waals surface area contributed by atoms with Crippen molar-refractivity contribution in [1.29, 1.82) is 0 Å². The Bertz CT molecular complexity index is 610. The second kappa shape index (κ2) is 6.65. The molecular formula is C15H22ClNO3S. The van der Waals surface area contributed by atoms with Crippen molar-refractivity contribution in [3.8, 4) is 0 Å². The highest BCUT2D eigenvalue weighted by molar-refractivity contribution is 7.89. The summed E-state index contributed by atoms with van der Waals surface area (Å²) in [6.07, 6.45) is 3.99. The van der Waals surface area contributed by atoms with E-state index in [4.69, 9.17) is 11.6 Å². The summed E-state index contributed by atoms with van der Waals surface area (Å²) in [4.78, 5) is 0.216. The van der Waals surface area contributed by atoms with Crippen molar-refractivity contribution in [2.24, 2.45) is 0 Å². The van der Waals surface area contributed by atoms with E-state index in [9.17, 15) is 13.5 Å². The number of aliphatic hydroxyl groups is 1. The third-order valence-electron chi connectivity index (χ3n) is 4.23. The van der Waals surface area contributed by atoms with Crippen molar-refractivity contribution in [2.45, 2.75) is 57.1 Å². The Hall–Kier alpha value is -0.620. The molecule has 1 aliphatic rings. The molecule has 0 spiro atoms. The molecular weight excluding hydrogens is 310 g/mol. The average Bonchev–Trinajstić information content (AvgIpc) is 2.95. The summed E-state index contributed by atoms with van der Waals surface area (Å²) in [7, 11) is -3.58. The maximum atomic E-state index is 13.0. The van der Waals surface area contributed by atoms with E-state index in [1.54, 1.807) is 17.3 Å². The van der Waals surface area contributed by atoms with E-state index < -0.39 is 10.0 Å². The number of hydrogen-bond acceptors (Lipinski definition) is 3. The lowest BCUT2D eigenvalue weighted by molar-refractivity contribution is 0.280. The van der Waals surface area contributed by atoms with Gasteiger partial charge in [0.2, 0.25) is 10.0 Å². The van der Waals surface area contributed by atoms with Crippen molar-refractivity contribution >= 4 is 21.6 Å². The molecule has 0 aliphatic heterocycles. The molecule has 1 saturated carbocycles. The molecule has 1 aliphatic carbocycles. The van der Waals surface area contributed by atoms with E-state index in [2.05, 4.69) is 0 Å². The molecule has 1 aromatic rings. The average molecular weight is 332 g/mol. The first-order valence-electron chi connectivity index (χ1n) is 7.33. The zero-order valence-electron chi connectivity index (χ0n) is 12.5. The molecule has 6 heteroatoms. The van der Waals surface area contributed by atoms with Crippen molar-refractivity contribution < 1.29 is 13.5 Å². The summed E-state index contributed by atoms with van der Waals surface area (Å²) in [5.74, 6) is 0. The standard InChI is InChI=1S/C15H22ClNO3S/c1-3-17(14-6-4-5-7-14)21(19,20)15-9-13(16)8-12(10-18)11(15)2/h8-9,14,18H,3-7,10H2,1-2H3. The van der Waals surface area contributed by atoms with Crippen LogP contribution in [-0.4, -0.2) is 30.4 Å². The van der Waals surface area contributed by atoms with Crippen LogP contribution in [0.3, 0.4) is 0 Å². The number of sulfonamides is 1. The Labute approximate surface area is 131 Å². The molecule has 0 radical (unpaired) electrons. The van der Waals surface area contributed by atoms with Gasteiger partial charge in [-0.2, -0.15) is 4.31 Å². The van der Waals surface area contributed by atoms with Crippen LogP contribution in [0.15, 0.2) is 17.0 Å². The molecule has 1 N–H and O–H groups in total. The molecule has 0 atom stereocenters. The van der Waals surface area contributed by atoms with Gasteiger partial charge in [-0.05, 0) is 43.0 Å². The van der Waals surface area contributed by atoms with Gasteiger partial charge in [0.25, 0.3) is 0 Å². The first-order valence-corrected chi connectivity index (χ1v) is 9.15. The van der Waals surface area contributed by atoms with E-state index in [-0.39, 0.29) is 17.5 Å². The van der Waals surface area contributed by atoms with Gasteiger partial charge < -0.3 is 5.11 Å². The number of rotatable bonds is 5. The second-order valence-corrected chi connectivity index (χ2v) is 7.79. The first-order chi connectivity index (χ1) is 9.91. The maximum Gasteiger partial charge on any atom is 0.243 e. The van der Waals surface area contributed by atoms with Crippen molar-refractivity contribution in [3.63, 3.8) is 0 Å². The fourth-order valence-electron chi connectivity index (χ4n) is 3.08. The Morgan fingerprint density at radius 3 is 2.48 bits per heavy atom. The third kappa shape index (κ3) is 3.26. The van der Waals surface area contributed by atoms with Crippen LogP contribution in [0.4, 0.5) is 0 Å². The van der Waals surface area contributed by atoms with E-state index in [0.29, 0.717) is 22.7 Å². The summed E-state index contributed by atoms with van der Waals surface area (Å²) in [6, 6.07) is 3.18. The minimum Gasteiger partial charge on any atom is -0.392 e. The smallest absolute Gasteiger partial charge is 0.243 e. The van der Waals surface area contributed by atoms with E-state index in [0.717, 1.165) is 25.7 Å². The molecule has 118 valence electrons. The SMILES string of the molecule is CCN(C1CCCC1)S(=O)(=O)c1cc(Cl)cc(CO)c1C. The molecule has 21 heavy (non-hydrogen) atoms. The lowest BCUT2D eigenvalue weighted by Gasteiger charge is -2.28. The molecule has 0 amide bonds. The van der Waals surface area contributed by atoms with Crippen LogP contribution in [0.2, 0.25) is 5.02 Å². The fraction of sp³-hybridized carbons (Fsp3) is 0.600. The molecule has 0 heterocycles. The van der Waals surface area contributed by atoms with Gasteiger partial charge in [0.15, 0.2) is 0 Å². The Morgan fingerprint density at radius 2 is 1.95 bits per heavy atom. The normalized spacial score (nSPS) is 16.8. The van der Waals surface area contributed by atoms with Crippen molar-refractivity contribution in [3.05, 3.63) is 28.3 Å². The van der Waals surface area contributed by atoms with Crippen LogP contribution in [0, 0.1) is 6.92 Å². The van der Waals surface area contributed by atoms with E-state index in [1.807, 2.05) is 6.92 Å². The molecule has 1 aromatic carbocycles. The van der Waals surface area contributed by atoms with E-state index in [1.165, 1.54) is 6.07 Å². The summed E-state index contributed by atoms with van der Waals surface area (Å²) >= 11 is 6.02. The van der Waals surface area contributed by atoms with Crippen molar-refractivity contribution in [2.75, 3.05) is 6.54 Å². The number of aliphatic hydroxyl groups excluding tert-OH is 1. The molecule has 4 nitrogen and oxygen atoms in total. The quantitative estimate of drug-likeness (QED) is 0.902.